The molecule has 0 heterocycles. The number of alkyl halides is 5. The third-order valence-electron chi connectivity index (χ3n) is 2.67. The zero-order valence-corrected chi connectivity index (χ0v) is 10.7. The Morgan fingerprint density at radius 1 is 1.10 bits per heavy atom. The second-order valence-corrected chi connectivity index (χ2v) is 4.33. The minimum atomic E-state index is -5.90. The lowest BCUT2D eigenvalue weighted by Gasteiger charge is -2.18. The van der Waals surface area contributed by atoms with Gasteiger partial charge in [0.1, 0.15) is 0 Å². The van der Waals surface area contributed by atoms with Gasteiger partial charge >= 0.3 is 18.0 Å². The van der Waals surface area contributed by atoms with E-state index in [2.05, 4.69) is 0 Å². The fourth-order valence-electron chi connectivity index (χ4n) is 1.47. The second kappa shape index (κ2) is 6.19. The predicted octanol–water partition coefficient (Wildman–Crippen LogP) is 4.17. The van der Waals surface area contributed by atoms with E-state index in [0.717, 1.165) is 24.8 Å². The zero-order chi connectivity index (χ0) is 15.4. The van der Waals surface area contributed by atoms with E-state index in [4.69, 9.17) is 0 Å². The van der Waals surface area contributed by atoms with Crippen molar-refractivity contribution in [1.29, 1.82) is 0 Å². The van der Waals surface area contributed by atoms with E-state index in [-0.39, 0.29) is 5.69 Å². The SMILES string of the molecule is CCCCc1ccc(NC(=O)C(F)(F)C(F)(F)F)cc1. The molecule has 0 aliphatic rings. The minimum Gasteiger partial charge on any atom is -0.321 e. The number of unbranched alkanes of at least 4 members (excludes halogenated alkanes) is 1. The van der Waals surface area contributed by atoms with Crippen molar-refractivity contribution in [2.45, 2.75) is 38.3 Å². The zero-order valence-electron chi connectivity index (χ0n) is 10.7. The van der Waals surface area contributed by atoms with Gasteiger partial charge < -0.3 is 5.32 Å². The molecule has 0 aliphatic heterocycles. The third-order valence-corrected chi connectivity index (χ3v) is 2.67. The summed E-state index contributed by atoms with van der Waals surface area (Å²) in [4.78, 5) is 11.0. The average Bonchev–Trinajstić information content (AvgIpc) is 2.36. The molecule has 2 nitrogen and oxygen atoms in total. The van der Waals surface area contributed by atoms with Crippen molar-refractivity contribution < 1.29 is 26.7 Å². The van der Waals surface area contributed by atoms with Gasteiger partial charge in [0.05, 0.1) is 0 Å². The highest BCUT2D eigenvalue weighted by Crippen LogP contribution is 2.36. The number of anilines is 1. The van der Waals surface area contributed by atoms with Gasteiger partial charge in [-0.25, -0.2) is 0 Å². The Balaban J connectivity index is 2.72. The normalized spacial score (nSPS) is 12.3. The van der Waals surface area contributed by atoms with Gasteiger partial charge in [0.15, 0.2) is 0 Å². The van der Waals surface area contributed by atoms with Crippen LogP contribution in [0.4, 0.5) is 27.6 Å². The monoisotopic (exact) mass is 295 g/mol. The van der Waals surface area contributed by atoms with Gasteiger partial charge in [-0.3, -0.25) is 4.79 Å². The van der Waals surface area contributed by atoms with Crippen molar-refractivity contribution in [3.8, 4) is 0 Å². The Hall–Kier alpha value is -1.66. The second-order valence-electron chi connectivity index (χ2n) is 4.33. The van der Waals surface area contributed by atoms with Gasteiger partial charge in [-0.15, -0.1) is 0 Å². The number of hydrogen-bond donors (Lipinski definition) is 1. The summed E-state index contributed by atoms with van der Waals surface area (Å²) in [5, 5.41) is 1.56. The van der Waals surface area contributed by atoms with Crippen LogP contribution >= 0.6 is 0 Å². The lowest BCUT2D eigenvalue weighted by atomic mass is 10.1. The molecule has 0 unspecified atom stereocenters. The van der Waals surface area contributed by atoms with Gasteiger partial charge in [-0.2, -0.15) is 22.0 Å². The Morgan fingerprint density at radius 3 is 2.10 bits per heavy atom. The van der Waals surface area contributed by atoms with Crippen LogP contribution in [0.1, 0.15) is 25.3 Å². The molecule has 0 aromatic heterocycles. The Bertz CT molecular complexity index is 453. The maximum Gasteiger partial charge on any atom is 0.463 e. The van der Waals surface area contributed by atoms with Crippen molar-refractivity contribution in [2.75, 3.05) is 5.32 Å². The van der Waals surface area contributed by atoms with Crippen molar-refractivity contribution in [3.05, 3.63) is 29.8 Å². The molecule has 0 saturated heterocycles. The molecule has 0 fully saturated rings. The largest absolute Gasteiger partial charge is 0.463 e. The molecule has 1 aromatic rings. The molecule has 7 heteroatoms. The summed E-state index contributed by atoms with van der Waals surface area (Å²) in [5.74, 6) is -7.79. The Labute approximate surface area is 113 Å². The first-order chi connectivity index (χ1) is 9.18. The molecular weight excluding hydrogens is 281 g/mol. The summed E-state index contributed by atoms with van der Waals surface area (Å²) in [7, 11) is 0. The van der Waals surface area contributed by atoms with E-state index in [9.17, 15) is 26.7 Å². The summed E-state index contributed by atoms with van der Waals surface area (Å²) in [5.41, 5.74) is 0.826. The highest BCUT2D eigenvalue weighted by atomic mass is 19.4. The van der Waals surface area contributed by atoms with Crippen molar-refractivity contribution in [3.63, 3.8) is 0 Å². The minimum absolute atomic E-state index is 0.0980. The van der Waals surface area contributed by atoms with Gasteiger partial charge in [-0.05, 0) is 30.5 Å². The summed E-state index contributed by atoms with van der Waals surface area (Å²) < 4.78 is 61.4. The number of hydrogen-bond acceptors (Lipinski definition) is 1. The van der Waals surface area contributed by atoms with Gasteiger partial charge in [-0.1, -0.05) is 25.5 Å². The summed E-state index contributed by atoms with van der Waals surface area (Å²) >= 11 is 0. The first-order valence-electron chi connectivity index (χ1n) is 6.03. The Kier molecular flexibility index (Phi) is 5.08. The molecule has 0 atom stereocenters. The third kappa shape index (κ3) is 3.91. The average molecular weight is 295 g/mol. The maximum atomic E-state index is 12.7. The van der Waals surface area contributed by atoms with E-state index in [1.165, 1.54) is 12.1 Å². The molecule has 20 heavy (non-hydrogen) atoms. The molecule has 1 aromatic carbocycles. The molecule has 0 saturated carbocycles. The van der Waals surface area contributed by atoms with Crippen molar-refractivity contribution in [1.82, 2.24) is 0 Å². The van der Waals surface area contributed by atoms with Gasteiger partial charge in [0.2, 0.25) is 0 Å². The van der Waals surface area contributed by atoms with Crippen LogP contribution in [0.25, 0.3) is 0 Å². The number of nitrogens with one attached hydrogen (secondary N) is 1. The number of carbonyl (C=O) groups excluding carboxylic acids is 1. The molecule has 0 radical (unpaired) electrons. The van der Waals surface area contributed by atoms with Crippen LogP contribution in [0.3, 0.4) is 0 Å². The molecule has 112 valence electrons. The molecule has 0 bridgehead atoms. The van der Waals surface area contributed by atoms with Crippen LogP contribution in [-0.2, 0) is 11.2 Å². The molecule has 0 spiro atoms. The number of benzene rings is 1. The topological polar surface area (TPSA) is 29.1 Å². The van der Waals surface area contributed by atoms with Crippen LogP contribution in [0.2, 0.25) is 0 Å². The first kappa shape index (κ1) is 16.4. The van der Waals surface area contributed by atoms with Crippen LogP contribution in [-0.4, -0.2) is 18.0 Å². The summed E-state index contributed by atoms with van der Waals surface area (Å²) in [6.07, 6.45) is -3.20. The van der Waals surface area contributed by atoms with Crippen LogP contribution in [0, 0.1) is 0 Å². The predicted molar refractivity (Wildman–Crippen MR) is 64.7 cm³/mol. The standard InChI is InChI=1S/C13H14F5NO/c1-2-3-4-9-5-7-10(8-6-9)19-11(20)12(14,15)13(16,17)18/h5-8H,2-4H2,1H3,(H,19,20). The van der Waals surface area contributed by atoms with Crippen LogP contribution in [0.15, 0.2) is 24.3 Å². The number of aryl methyl sites for hydroxylation is 1. The van der Waals surface area contributed by atoms with Crippen LogP contribution in [0.5, 0.6) is 0 Å². The van der Waals surface area contributed by atoms with E-state index in [1.807, 2.05) is 6.92 Å². The van der Waals surface area contributed by atoms with Gasteiger partial charge in [0, 0.05) is 5.69 Å². The number of rotatable bonds is 5. The van der Waals surface area contributed by atoms with E-state index in [1.54, 1.807) is 17.4 Å². The molecule has 1 amide bonds. The molecular formula is C13H14F5NO. The van der Waals surface area contributed by atoms with Crippen LogP contribution < -0.4 is 5.32 Å². The summed E-state index contributed by atoms with van der Waals surface area (Å²) in [6.45, 7) is 2.01. The van der Waals surface area contributed by atoms with E-state index >= 15 is 0 Å². The maximum absolute atomic E-state index is 12.7. The van der Waals surface area contributed by atoms with Crippen molar-refractivity contribution in [2.24, 2.45) is 0 Å². The van der Waals surface area contributed by atoms with E-state index < -0.39 is 18.0 Å². The lowest BCUT2D eigenvalue weighted by Crippen LogP contribution is -2.47. The lowest BCUT2D eigenvalue weighted by molar-refractivity contribution is -0.267. The first-order valence-corrected chi connectivity index (χ1v) is 6.03. The smallest absolute Gasteiger partial charge is 0.321 e. The van der Waals surface area contributed by atoms with Crippen molar-refractivity contribution >= 4 is 11.6 Å². The highest BCUT2D eigenvalue weighted by molar-refractivity contribution is 5.96. The Morgan fingerprint density at radius 2 is 1.65 bits per heavy atom. The van der Waals surface area contributed by atoms with Gasteiger partial charge in [0.25, 0.3) is 0 Å². The summed E-state index contributed by atoms with van der Waals surface area (Å²) in [6, 6.07) is 5.76. The number of amides is 1. The fourth-order valence-corrected chi connectivity index (χ4v) is 1.47. The highest BCUT2D eigenvalue weighted by Gasteiger charge is 2.63. The molecule has 1 rings (SSSR count). The molecule has 1 N–H and O–H groups in total. The fraction of sp³-hybridized carbons (Fsp3) is 0.462. The van der Waals surface area contributed by atoms with E-state index in [0.29, 0.717) is 0 Å². The molecule has 0 aliphatic carbocycles. The quantitative estimate of drug-likeness (QED) is 0.812. The number of halogens is 5. The number of carbonyl (C=O) groups is 1.